The Hall–Kier alpha value is -3.94. The Morgan fingerprint density at radius 2 is 1.97 bits per heavy atom. The minimum Gasteiger partial charge on any atom is -0.494 e. The van der Waals surface area contributed by atoms with Crippen LogP contribution in [0.15, 0.2) is 70.4 Å². The monoisotopic (exact) mass is 436 g/mol. The van der Waals surface area contributed by atoms with Gasteiger partial charge in [0.1, 0.15) is 11.8 Å². The van der Waals surface area contributed by atoms with Gasteiger partial charge < -0.3 is 13.9 Å². The molecule has 0 saturated carbocycles. The Balaban J connectivity index is 1.50. The molecule has 0 bridgehead atoms. The first-order valence-electron chi connectivity index (χ1n) is 9.97. The predicted molar refractivity (Wildman–Crippen MR) is 114 cm³/mol. The summed E-state index contributed by atoms with van der Waals surface area (Å²) in [5, 5.41) is 5.76. The molecule has 3 aromatic rings. The van der Waals surface area contributed by atoms with Gasteiger partial charge in [0, 0.05) is 6.42 Å². The number of ether oxygens (including phenoxy) is 2. The van der Waals surface area contributed by atoms with E-state index in [-0.39, 0.29) is 11.3 Å². The number of amides is 1. The summed E-state index contributed by atoms with van der Waals surface area (Å²) in [4.78, 5) is 25.2. The Labute approximate surface area is 184 Å². The number of hydrazone groups is 1. The molecule has 1 atom stereocenters. The first kappa shape index (κ1) is 21.3. The number of nitrogens with zero attached hydrogens (tertiary/aromatic N) is 2. The third kappa shape index (κ3) is 4.39. The van der Waals surface area contributed by atoms with E-state index in [1.807, 2.05) is 31.2 Å². The quantitative estimate of drug-likeness (QED) is 0.539. The summed E-state index contributed by atoms with van der Waals surface area (Å²) < 4.78 is 29.3. The molecule has 0 radical (unpaired) electrons. The highest BCUT2D eigenvalue weighted by atomic mass is 19.1. The van der Waals surface area contributed by atoms with E-state index >= 15 is 0 Å². The van der Waals surface area contributed by atoms with Crippen LogP contribution in [0.4, 0.5) is 4.39 Å². The molecule has 2 aromatic carbocycles. The van der Waals surface area contributed by atoms with Gasteiger partial charge in [-0.25, -0.2) is 14.2 Å². The molecule has 0 spiro atoms. The molecule has 32 heavy (non-hydrogen) atoms. The summed E-state index contributed by atoms with van der Waals surface area (Å²) in [5.74, 6) is -1.45. The van der Waals surface area contributed by atoms with Crippen molar-refractivity contribution in [2.75, 3.05) is 13.7 Å². The lowest BCUT2D eigenvalue weighted by Crippen LogP contribution is -2.31. The standard InChI is InChI=1S/C24H21FN2O5/c1-15-5-7-16(8-6-15)19-13-20(22-4-3-11-31-22)27(26-19)23(28)14-32-24(29)17-9-10-21(30-2)18(25)12-17/h3-12,20H,13-14H2,1-2H3. The molecule has 0 saturated heterocycles. The van der Waals surface area contributed by atoms with Crippen LogP contribution in [0.3, 0.4) is 0 Å². The molecule has 1 aliphatic rings. The molecule has 7 nitrogen and oxygen atoms in total. The molecule has 164 valence electrons. The molecule has 4 rings (SSSR count). The lowest BCUT2D eigenvalue weighted by molar-refractivity contribution is -0.136. The Morgan fingerprint density at radius 1 is 1.19 bits per heavy atom. The number of methoxy groups -OCH3 is 1. The number of benzene rings is 2. The topological polar surface area (TPSA) is 81.3 Å². The summed E-state index contributed by atoms with van der Waals surface area (Å²) in [6.45, 7) is 1.44. The highest BCUT2D eigenvalue weighted by Gasteiger charge is 2.35. The first-order chi connectivity index (χ1) is 15.5. The van der Waals surface area contributed by atoms with E-state index in [4.69, 9.17) is 13.9 Å². The highest BCUT2D eigenvalue weighted by Crippen LogP contribution is 2.33. The fourth-order valence-corrected chi connectivity index (χ4v) is 3.43. The van der Waals surface area contributed by atoms with E-state index < -0.39 is 30.3 Å². The van der Waals surface area contributed by atoms with Crippen LogP contribution in [0.1, 0.15) is 39.7 Å². The van der Waals surface area contributed by atoms with E-state index in [9.17, 15) is 14.0 Å². The fourth-order valence-electron chi connectivity index (χ4n) is 3.43. The second kappa shape index (κ2) is 9.05. The van der Waals surface area contributed by atoms with Gasteiger partial charge in [0.2, 0.25) is 0 Å². The van der Waals surface area contributed by atoms with Crippen LogP contribution >= 0.6 is 0 Å². The van der Waals surface area contributed by atoms with Gasteiger partial charge in [-0.15, -0.1) is 0 Å². The van der Waals surface area contributed by atoms with Crippen molar-refractivity contribution < 1.29 is 27.9 Å². The molecule has 1 amide bonds. The Bertz CT molecular complexity index is 1160. The van der Waals surface area contributed by atoms with Gasteiger partial charge in [-0.1, -0.05) is 29.8 Å². The third-order valence-electron chi connectivity index (χ3n) is 5.14. The molecule has 8 heteroatoms. The van der Waals surface area contributed by atoms with E-state index in [0.717, 1.165) is 22.9 Å². The molecule has 1 aliphatic heterocycles. The smallest absolute Gasteiger partial charge is 0.338 e. The van der Waals surface area contributed by atoms with Crippen LogP contribution in [0, 0.1) is 12.7 Å². The number of esters is 1. The predicted octanol–water partition coefficient (Wildman–Crippen LogP) is 4.27. The molecule has 0 N–H and O–H groups in total. The zero-order valence-electron chi connectivity index (χ0n) is 17.6. The maximum Gasteiger partial charge on any atom is 0.338 e. The van der Waals surface area contributed by atoms with Crippen molar-refractivity contribution in [2.24, 2.45) is 5.10 Å². The van der Waals surface area contributed by atoms with Crippen molar-refractivity contribution in [1.29, 1.82) is 0 Å². The van der Waals surface area contributed by atoms with Gasteiger partial charge in [0.05, 0.1) is 24.6 Å². The number of hydrogen-bond acceptors (Lipinski definition) is 6. The number of rotatable bonds is 6. The minimum absolute atomic E-state index is 0.00829. The van der Waals surface area contributed by atoms with E-state index in [1.165, 1.54) is 30.5 Å². The van der Waals surface area contributed by atoms with E-state index in [1.54, 1.807) is 12.1 Å². The molecule has 0 aliphatic carbocycles. The van der Waals surface area contributed by atoms with Crippen molar-refractivity contribution in [1.82, 2.24) is 5.01 Å². The maximum absolute atomic E-state index is 13.9. The van der Waals surface area contributed by atoms with Crippen molar-refractivity contribution in [3.05, 3.63) is 89.1 Å². The number of carbonyl (C=O) groups excluding carboxylic acids is 2. The van der Waals surface area contributed by atoms with Gasteiger partial charge >= 0.3 is 5.97 Å². The first-order valence-corrected chi connectivity index (χ1v) is 9.97. The normalized spacial score (nSPS) is 15.4. The van der Waals surface area contributed by atoms with Crippen molar-refractivity contribution >= 4 is 17.6 Å². The molecular formula is C24H21FN2O5. The molecule has 1 unspecified atom stereocenters. The van der Waals surface area contributed by atoms with E-state index in [0.29, 0.717) is 12.2 Å². The SMILES string of the molecule is COc1ccc(C(=O)OCC(=O)N2N=C(c3ccc(C)cc3)CC2c2ccco2)cc1F. The summed E-state index contributed by atoms with van der Waals surface area (Å²) >= 11 is 0. The summed E-state index contributed by atoms with van der Waals surface area (Å²) in [7, 11) is 1.33. The Morgan fingerprint density at radius 3 is 2.62 bits per heavy atom. The molecule has 2 heterocycles. The number of halogens is 1. The van der Waals surface area contributed by atoms with Gasteiger partial charge in [-0.2, -0.15) is 5.10 Å². The van der Waals surface area contributed by atoms with Crippen LogP contribution in [0.25, 0.3) is 0 Å². The van der Waals surface area contributed by atoms with Crippen LogP contribution in [0.2, 0.25) is 0 Å². The second-order valence-corrected chi connectivity index (χ2v) is 7.31. The zero-order valence-corrected chi connectivity index (χ0v) is 17.6. The zero-order chi connectivity index (χ0) is 22.7. The van der Waals surface area contributed by atoms with Crippen LogP contribution in [-0.2, 0) is 9.53 Å². The summed E-state index contributed by atoms with van der Waals surface area (Å²) in [6.07, 6.45) is 1.99. The number of hydrogen-bond donors (Lipinski definition) is 0. The van der Waals surface area contributed by atoms with E-state index in [2.05, 4.69) is 5.10 Å². The average molecular weight is 436 g/mol. The van der Waals surface area contributed by atoms with Crippen LogP contribution in [-0.4, -0.2) is 36.3 Å². The number of aryl methyl sites for hydroxylation is 1. The fraction of sp³-hybridized carbons (Fsp3) is 0.208. The average Bonchev–Trinajstić information content (AvgIpc) is 3.47. The summed E-state index contributed by atoms with van der Waals surface area (Å²) in [5.41, 5.74) is 2.71. The maximum atomic E-state index is 13.9. The van der Waals surface area contributed by atoms with Crippen molar-refractivity contribution in [2.45, 2.75) is 19.4 Å². The lowest BCUT2D eigenvalue weighted by atomic mass is 10.0. The van der Waals surface area contributed by atoms with Crippen molar-refractivity contribution in [3.63, 3.8) is 0 Å². The summed E-state index contributed by atoms with van der Waals surface area (Å²) in [6, 6.07) is 14.6. The second-order valence-electron chi connectivity index (χ2n) is 7.31. The number of furan rings is 1. The van der Waals surface area contributed by atoms with Crippen LogP contribution < -0.4 is 4.74 Å². The van der Waals surface area contributed by atoms with Gasteiger partial charge in [0.15, 0.2) is 18.2 Å². The number of carbonyl (C=O) groups is 2. The highest BCUT2D eigenvalue weighted by molar-refractivity contribution is 6.03. The van der Waals surface area contributed by atoms with Gasteiger partial charge in [-0.05, 0) is 42.8 Å². The third-order valence-corrected chi connectivity index (χ3v) is 5.14. The lowest BCUT2D eigenvalue weighted by Gasteiger charge is -2.19. The molecular weight excluding hydrogens is 415 g/mol. The Kier molecular flexibility index (Phi) is 6.02. The molecule has 1 aromatic heterocycles. The van der Waals surface area contributed by atoms with Gasteiger partial charge in [-0.3, -0.25) is 4.79 Å². The minimum atomic E-state index is -0.823. The largest absolute Gasteiger partial charge is 0.494 e. The molecule has 0 fully saturated rings. The van der Waals surface area contributed by atoms with Crippen molar-refractivity contribution in [3.8, 4) is 5.75 Å². The van der Waals surface area contributed by atoms with Gasteiger partial charge in [0.25, 0.3) is 5.91 Å². The van der Waals surface area contributed by atoms with Crippen LogP contribution in [0.5, 0.6) is 5.75 Å².